The van der Waals surface area contributed by atoms with Crippen molar-refractivity contribution in [2.45, 2.75) is 31.7 Å². The number of rotatable bonds is 5. The average molecular weight is 323 g/mol. The van der Waals surface area contributed by atoms with E-state index in [-0.39, 0.29) is 22.2 Å². The first kappa shape index (κ1) is 16.0. The number of nitrogens with zero attached hydrogens (tertiary/aromatic N) is 1. The molecule has 0 amide bonds. The van der Waals surface area contributed by atoms with Crippen LogP contribution in [-0.2, 0) is 10.0 Å². The molecular weight excluding hydrogens is 306 g/mol. The highest BCUT2D eigenvalue weighted by atomic mass is 32.2. The SMILES string of the molecule is Cc1cccc(NS(=O)(=O)c2cnc(C(C)C)[nH]2)c1C(=O)O. The number of aromatic nitrogens is 2. The first-order chi connectivity index (χ1) is 10.2. The van der Waals surface area contributed by atoms with Gasteiger partial charge in [0, 0.05) is 5.92 Å². The standard InChI is InChI=1S/C14H17N3O4S/c1-8(2)13-15-7-11(16-13)22(20,21)17-10-6-4-5-9(3)12(10)14(18)19/h4-8,17H,1-3H3,(H,15,16)(H,18,19). The van der Waals surface area contributed by atoms with Crippen LogP contribution in [0.1, 0.15) is 41.5 Å². The predicted molar refractivity (Wildman–Crippen MR) is 81.6 cm³/mol. The van der Waals surface area contributed by atoms with Crippen LogP contribution < -0.4 is 4.72 Å². The first-order valence-electron chi connectivity index (χ1n) is 6.63. The van der Waals surface area contributed by atoms with Gasteiger partial charge in [-0.05, 0) is 18.6 Å². The molecule has 0 fully saturated rings. The van der Waals surface area contributed by atoms with Crippen LogP contribution in [0.15, 0.2) is 29.4 Å². The minimum atomic E-state index is -3.93. The molecule has 118 valence electrons. The van der Waals surface area contributed by atoms with Gasteiger partial charge in [-0.3, -0.25) is 4.72 Å². The van der Waals surface area contributed by atoms with Crippen molar-refractivity contribution in [1.29, 1.82) is 0 Å². The van der Waals surface area contributed by atoms with Crippen LogP contribution in [0.3, 0.4) is 0 Å². The van der Waals surface area contributed by atoms with Crippen LogP contribution in [0, 0.1) is 6.92 Å². The van der Waals surface area contributed by atoms with Gasteiger partial charge in [-0.1, -0.05) is 26.0 Å². The van der Waals surface area contributed by atoms with Gasteiger partial charge in [-0.25, -0.2) is 9.78 Å². The number of anilines is 1. The Hall–Kier alpha value is -2.35. The van der Waals surface area contributed by atoms with E-state index in [0.29, 0.717) is 11.4 Å². The van der Waals surface area contributed by atoms with Gasteiger partial charge in [0.25, 0.3) is 10.0 Å². The molecular formula is C14H17N3O4S. The highest BCUT2D eigenvalue weighted by Crippen LogP contribution is 2.23. The molecule has 3 N–H and O–H groups in total. The molecule has 0 atom stereocenters. The Morgan fingerprint density at radius 1 is 1.36 bits per heavy atom. The lowest BCUT2D eigenvalue weighted by Crippen LogP contribution is -2.16. The summed E-state index contributed by atoms with van der Waals surface area (Å²) in [5.74, 6) is -0.594. The third-order valence-electron chi connectivity index (χ3n) is 3.14. The second kappa shape index (κ2) is 5.80. The summed E-state index contributed by atoms with van der Waals surface area (Å²) in [7, 11) is -3.93. The Bertz CT molecular complexity index is 809. The molecule has 0 aliphatic heterocycles. The van der Waals surface area contributed by atoms with Crippen molar-refractivity contribution in [2.24, 2.45) is 0 Å². The van der Waals surface area contributed by atoms with E-state index >= 15 is 0 Å². The molecule has 0 saturated carbocycles. The molecule has 22 heavy (non-hydrogen) atoms. The minimum absolute atomic E-state index is 0.0215. The van der Waals surface area contributed by atoms with Gasteiger partial charge >= 0.3 is 5.97 Å². The van der Waals surface area contributed by atoms with E-state index in [9.17, 15) is 18.3 Å². The number of carbonyl (C=O) groups is 1. The molecule has 1 heterocycles. The van der Waals surface area contributed by atoms with E-state index in [0.717, 1.165) is 0 Å². The maximum Gasteiger partial charge on any atom is 0.338 e. The lowest BCUT2D eigenvalue weighted by atomic mass is 10.1. The Labute approximate surface area is 128 Å². The van der Waals surface area contributed by atoms with Gasteiger partial charge in [0.15, 0.2) is 5.03 Å². The number of benzene rings is 1. The summed E-state index contributed by atoms with van der Waals surface area (Å²) in [4.78, 5) is 18.0. The summed E-state index contributed by atoms with van der Waals surface area (Å²) in [6.45, 7) is 5.37. The zero-order valence-electron chi connectivity index (χ0n) is 12.4. The summed E-state index contributed by atoms with van der Waals surface area (Å²) < 4.78 is 27.0. The summed E-state index contributed by atoms with van der Waals surface area (Å²) >= 11 is 0. The zero-order valence-corrected chi connectivity index (χ0v) is 13.2. The lowest BCUT2D eigenvalue weighted by Gasteiger charge is -2.11. The number of aromatic carboxylic acids is 1. The van der Waals surface area contributed by atoms with E-state index in [1.165, 1.54) is 12.3 Å². The Morgan fingerprint density at radius 2 is 2.05 bits per heavy atom. The van der Waals surface area contributed by atoms with Crippen molar-refractivity contribution in [3.05, 3.63) is 41.3 Å². The molecule has 8 heteroatoms. The number of nitrogens with one attached hydrogen (secondary N) is 2. The van der Waals surface area contributed by atoms with Crippen molar-refractivity contribution in [2.75, 3.05) is 4.72 Å². The van der Waals surface area contributed by atoms with Crippen LogP contribution in [-0.4, -0.2) is 29.5 Å². The van der Waals surface area contributed by atoms with Crippen molar-refractivity contribution in [3.63, 3.8) is 0 Å². The first-order valence-corrected chi connectivity index (χ1v) is 8.11. The number of imidazole rings is 1. The van der Waals surface area contributed by atoms with E-state index in [4.69, 9.17) is 0 Å². The number of hydrogen-bond acceptors (Lipinski definition) is 4. The van der Waals surface area contributed by atoms with Gasteiger partial charge in [0.2, 0.25) is 0 Å². The maximum absolute atomic E-state index is 12.3. The predicted octanol–water partition coefficient (Wildman–Crippen LogP) is 2.34. The number of aromatic amines is 1. The van der Waals surface area contributed by atoms with E-state index in [1.807, 2.05) is 13.8 Å². The fourth-order valence-corrected chi connectivity index (χ4v) is 2.99. The second-order valence-corrected chi connectivity index (χ2v) is 6.85. The average Bonchev–Trinajstić information content (AvgIpc) is 2.88. The van der Waals surface area contributed by atoms with Crippen molar-refractivity contribution >= 4 is 21.7 Å². The van der Waals surface area contributed by atoms with Gasteiger partial charge < -0.3 is 10.1 Å². The fraction of sp³-hybridized carbons (Fsp3) is 0.286. The van der Waals surface area contributed by atoms with Crippen molar-refractivity contribution < 1.29 is 18.3 Å². The minimum Gasteiger partial charge on any atom is -0.478 e. The summed E-state index contributed by atoms with van der Waals surface area (Å²) in [5, 5.41) is 9.13. The zero-order chi connectivity index (χ0) is 16.5. The molecule has 0 unspecified atom stereocenters. The van der Waals surface area contributed by atoms with Crippen LogP contribution in [0.25, 0.3) is 0 Å². The summed E-state index contributed by atoms with van der Waals surface area (Å²) in [6, 6.07) is 4.61. The molecule has 0 saturated heterocycles. The normalized spacial score (nSPS) is 11.6. The fourth-order valence-electron chi connectivity index (χ4n) is 1.99. The molecule has 0 bridgehead atoms. The van der Waals surface area contributed by atoms with Gasteiger partial charge in [-0.15, -0.1) is 0 Å². The molecule has 7 nitrogen and oxygen atoms in total. The monoisotopic (exact) mass is 323 g/mol. The molecule has 0 aliphatic rings. The molecule has 0 radical (unpaired) electrons. The number of hydrogen-bond donors (Lipinski definition) is 3. The van der Waals surface area contributed by atoms with Crippen LogP contribution >= 0.6 is 0 Å². The second-order valence-electron chi connectivity index (χ2n) is 5.20. The third-order valence-corrected chi connectivity index (χ3v) is 4.41. The molecule has 2 rings (SSSR count). The molecule has 1 aromatic carbocycles. The van der Waals surface area contributed by atoms with Crippen molar-refractivity contribution in [3.8, 4) is 0 Å². The Kier molecular flexibility index (Phi) is 4.23. The number of carboxylic acid groups (broad SMARTS) is 1. The third kappa shape index (κ3) is 3.11. The molecule has 1 aromatic heterocycles. The Balaban J connectivity index is 2.41. The molecule has 2 aromatic rings. The van der Waals surface area contributed by atoms with Crippen LogP contribution in [0.4, 0.5) is 5.69 Å². The number of aryl methyl sites for hydroxylation is 1. The summed E-state index contributed by atoms with van der Waals surface area (Å²) in [5.41, 5.74) is 0.419. The van der Waals surface area contributed by atoms with E-state index in [2.05, 4.69) is 14.7 Å². The molecule has 0 spiro atoms. The van der Waals surface area contributed by atoms with Crippen molar-refractivity contribution in [1.82, 2.24) is 9.97 Å². The topological polar surface area (TPSA) is 112 Å². The smallest absolute Gasteiger partial charge is 0.338 e. The number of H-pyrrole nitrogens is 1. The highest BCUT2D eigenvalue weighted by Gasteiger charge is 2.22. The maximum atomic E-state index is 12.3. The molecule has 0 aliphatic carbocycles. The van der Waals surface area contributed by atoms with Gasteiger partial charge in [0.1, 0.15) is 5.82 Å². The van der Waals surface area contributed by atoms with Crippen LogP contribution in [0.5, 0.6) is 0 Å². The number of carboxylic acids is 1. The quantitative estimate of drug-likeness (QED) is 0.782. The lowest BCUT2D eigenvalue weighted by molar-refractivity contribution is 0.0697. The van der Waals surface area contributed by atoms with Gasteiger partial charge in [0.05, 0.1) is 17.4 Å². The summed E-state index contributed by atoms with van der Waals surface area (Å²) in [6.07, 6.45) is 1.22. The van der Waals surface area contributed by atoms with Crippen LogP contribution in [0.2, 0.25) is 0 Å². The number of sulfonamides is 1. The van der Waals surface area contributed by atoms with E-state index in [1.54, 1.807) is 19.1 Å². The Morgan fingerprint density at radius 3 is 2.59 bits per heavy atom. The van der Waals surface area contributed by atoms with Gasteiger partial charge in [-0.2, -0.15) is 8.42 Å². The van der Waals surface area contributed by atoms with E-state index < -0.39 is 16.0 Å². The largest absolute Gasteiger partial charge is 0.478 e. The highest BCUT2D eigenvalue weighted by molar-refractivity contribution is 7.92.